The minimum atomic E-state index is -0.187. The van der Waals surface area contributed by atoms with Gasteiger partial charge in [0.25, 0.3) is 5.91 Å². The second-order valence-electron chi connectivity index (χ2n) is 7.91. The normalized spacial score (nSPS) is 16.8. The maximum atomic E-state index is 12.2. The minimum Gasteiger partial charge on any atom is -0.483 e. The van der Waals surface area contributed by atoms with Crippen LogP contribution in [0, 0.1) is 20.8 Å². The van der Waals surface area contributed by atoms with Crippen molar-refractivity contribution in [1.29, 1.82) is 0 Å². The molecule has 150 valence electrons. The van der Waals surface area contributed by atoms with Crippen molar-refractivity contribution in [2.45, 2.75) is 91.4 Å². The number of hydrogen-bond acceptors (Lipinski definition) is 3. The van der Waals surface area contributed by atoms with E-state index in [2.05, 4.69) is 29.6 Å². The Kier molecular flexibility index (Phi) is 9.37. The predicted octanol–water partition coefficient (Wildman–Crippen LogP) is 5.77. The Morgan fingerprint density at radius 3 is 1.89 bits per heavy atom. The molecule has 1 aromatic carbocycles. The van der Waals surface area contributed by atoms with Crippen LogP contribution in [0.1, 0.15) is 87.3 Å². The summed E-state index contributed by atoms with van der Waals surface area (Å²) in [6.07, 6.45) is 13.6. The van der Waals surface area contributed by atoms with Crippen LogP contribution in [0.15, 0.2) is 17.2 Å². The molecule has 0 aliphatic heterocycles. The predicted molar refractivity (Wildman–Crippen MR) is 113 cm³/mol. The number of benzene rings is 1. The van der Waals surface area contributed by atoms with Crippen LogP contribution in [0.4, 0.5) is 0 Å². The number of carbonyl (C=O) groups excluding carboxylic acids is 1. The van der Waals surface area contributed by atoms with E-state index in [1.165, 1.54) is 63.4 Å². The molecule has 27 heavy (non-hydrogen) atoms. The Bertz CT molecular complexity index is 600. The van der Waals surface area contributed by atoms with E-state index in [-0.39, 0.29) is 12.5 Å². The maximum absolute atomic E-state index is 12.2. The summed E-state index contributed by atoms with van der Waals surface area (Å²) in [7, 11) is 0. The largest absolute Gasteiger partial charge is 0.483 e. The molecule has 1 aliphatic carbocycles. The van der Waals surface area contributed by atoms with Crippen LogP contribution in [0.2, 0.25) is 0 Å². The van der Waals surface area contributed by atoms with Crippen LogP contribution in [0.25, 0.3) is 0 Å². The standard InChI is InChI=1S/C23H36N2O2/c1-18-15-19(2)23(20(3)16-18)27-17-22(26)25-24-21-13-11-9-7-5-4-6-8-10-12-14-21/h15-16H,4-14,17H2,1-3H3,(H,25,26). The average molecular weight is 373 g/mol. The monoisotopic (exact) mass is 372 g/mol. The van der Waals surface area contributed by atoms with Crippen LogP contribution in [-0.4, -0.2) is 18.2 Å². The minimum absolute atomic E-state index is 0.00151. The summed E-state index contributed by atoms with van der Waals surface area (Å²) in [5.41, 5.74) is 7.17. The molecule has 1 N–H and O–H groups in total. The van der Waals surface area contributed by atoms with Crippen molar-refractivity contribution in [2.24, 2.45) is 5.10 Å². The molecule has 0 unspecified atom stereocenters. The highest BCUT2D eigenvalue weighted by Crippen LogP contribution is 2.24. The van der Waals surface area contributed by atoms with Crippen molar-refractivity contribution in [3.63, 3.8) is 0 Å². The number of amides is 1. The van der Waals surface area contributed by atoms with E-state index in [1.807, 2.05) is 13.8 Å². The third-order valence-corrected chi connectivity index (χ3v) is 5.22. The Morgan fingerprint density at radius 2 is 1.37 bits per heavy atom. The molecule has 1 amide bonds. The summed E-state index contributed by atoms with van der Waals surface area (Å²) >= 11 is 0. The first kappa shape index (κ1) is 21.5. The van der Waals surface area contributed by atoms with Crippen molar-refractivity contribution in [1.82, 2.24) is 5.43 Å². The molecule has 4 heteroatoms. The molecule has 1 aromatic rings. The molecule has 0 spiro atoms. The van der Waals surface area contributed by atoms with Gasteiger partial charge in [-0.2, -0.15) is 5.10 Å². The quantitative estimate of drug-likeness (QED) is 0.682. The van der Waals surface area contributed by atoms with Crippen molar-refractivity contribution >= 4 is 11.6 Å². The molecular formula is C23H36N2O2. The van der Waals surface area contributed by atoms with Crippen LogP contribution in [0.3, 0.4) is 0 Å². The van der Waals surface area contributed by atoms with Gasteiger partial charge in [0.15, 0.2) is 6.61 Å². The molecule has 0 bridgehead atoms. The Labute approximate surface area is 164 Å². The van der Waals surface area contributed by atoms with Gasteiger partial charge in [-0.15, -0.1) is 0 Å². The number of nitrogens with zero attached hydrogens (tertiary/aromatic N) is 1. The van der Waals surface area contributed by atoms with Gasteiger partial charge in [0.2, 0.25) is 0 Å². The van der Waals surface area contributed by atoms with E-state index < -0.39 is 0 Å². The van der Waals surface area contributed by atoms with E-state index in [0.29, 0.717) is 0 Å². The fourth-order valence-corrected chi connectivity index (χ4v) is 3.84. The first-order valence-electron chi connectivity index (χ1n) is 10.6. The first-order chi connectivity index (χ1) is 13.1. The van der Waals surface area contributed by atoms with Crippen LogP contribution >= 0.6 is 0 Å². The number of rotatable bonds is 4. The molecule has 0 saturated heterocycles. The smallest absolute Gasteiger partial charge is 0.277 e. The van der Waals surface area contributed by atoms with Crippen LogP contribution in [0.5, 0.6) is 5.75 Å². The number of ether oxygens (including phenoxy) is 1. The summed E-state index contributed by atoms with van der Waals surface area (Å²) in [6, 6.07) is 4.15. The van der Waals surface area contributed by atoms with Gasteiger partial charge in [-0.25, -0.2) is 5.43 Å². The highest BCUT2D eigenvalue weighted by atomic mass is 16.5. The molecule has 4 nitrogen and oxygen atoms in total. The Morgan fingerprint density at radius 1 is 0.889 bits per heavy atom. The number of carbonyl (C=O) groups is 1. The second-order valence-corrected chi connectivity index (χ2v) is 7.91. The molecule has 0 aromatic heterocycles. The fraction of sp³-hybridized carbons (Fsp3) is 0.652. The van der Waals surface area contributed by atoms with Gasteiger partial charge >= 0.3 is 0 Å². The zero-order valence-electron chi connectivity index (χ0n) is 17.4. The molecule has 1 fully saturated rings. The van der Waals surface area contributed by atoms with Crippen molar-refractivity contribution < 1.29 is 9.53 Å². The highest BCUT2D eigenvalue weighted by molar-refractivity contribution is 5.86. The maximum Gasteiger partial charge on any atom is 0.277 e. The lowest BCUT2D eigenvalue weighted by Gasteiger charge is -2.13. The third kappa shape index (κ3) is 8.15. The molecule has 1 aliphatic rings. The lowest BCUT2D eigenvalue weighted by Crippen LogP contribution is -2.26. The molecule has 2 rings (SSSR count). The molecule has 0 radical (unpaired) electrons. The van der Waals surface area contributed by atoms with E-state index >= 15 is 0 Å². The van der Waals surface area contributed by atoms with Crippen LogP contribution in [-0.2, 0) is 4.79 Å². The summed E-state index contributed by atoms with van der Waals surface area (Å²) in [5.74, 6) is 0.613. The molecule has 0 heterocycles. The summed E-state index contributed by atoms with van der Waals surface area (Å²) in [5, 5.41) is 4.42. The van der Waals surface area contributed by atoms with Gasteiger partial charge in [-0.05, 0) is 57.6 Å². The van der Waals surface area contributed by atoms with Gasteiger partial charge in [-0.1, -0.05) is 62.6 Å². The molecule has 1 saturated carbocycles. The van der Waals surface area contributed by atoms with Gasteiger partial charge in [-0.3, -0.25) is 4.79 Å². The van der Waals surface area contributed by atoms with Crippen molar-refractivity contribution in [3.8, 4) is 5.75 Å². The van der Waals surface area contributed by atoms with E-state index in [9.17, 15) is 4.79 Å². The first-order valence-corrected chi connectivity index (χ1v) is 10.6. The summed E-state index contributed by atoms with van der Waals surface area (Å²) in [4.78, 5) is 12.2. The van der Waals surface area contributed by atoms with Crippen molar-refractivity contribution in [2.75, 3.05) is 6.61 Å². The number of hydrogen-bond donors (Lipinski definition) is 1. The van der Waals surface area contributed by atoms with Gasteiger partial charge in [0.05, 0.1) is 0 Å². The topological polar surface area (TPSA) is 50.7 Å². The van der Waals surface area contributed by atoms with Crippen LogP contribution < -0.4 is 10.2 Å². The van der Waals surface area contributed by atoms with Gasteiger partial charge < -0.3 is 4.74 Å². The van der Waals surface area contributed by atoms with E-state index in [1.54, 1.807) is 0 Å². The Hall–Kier alpha value is -1.84. The van der Waals surface area contributed by atoms with Gasteiger partial charge in [0.1, 0.15) is 5.75 Å². The Balaban J connectivity index is 1.83. The zero-order valence-corrected chi connectivity index (χ0v) is 17.4. The second kappa shape index (κ2) is 11.8. The van der Waals surface area contributed by atoms with E-state index in [4.69, 9.17) is 4.74 Å². The molecule has 0 atom stereocenters. The SMILES string of the molecule is Cc1cc(C)c(OCC(=O)NN=C2CCCCCCCCCCC2)c(C)c1. The average Bonchev–Trinajstić information content (AvgIpc) is 2.60. The van der Waals surface area contributed by atoms with E-state index in [0.717, 1.165) is 35.4 Å². The fourth-order valence-electron chi connectivity index (χ4n) is 3.84. The number of aryl methyl sites for hydroxylation is 3. The lowest BCUT2D eigenvalue weighted by atomic mass is 10.00. The summed E-state index contributed by atoms with van der Waals surface area (Å²) < 4.78 is 5.75. The third-order valence-electron chi connectivity index (χ3n) is 5.22. The lowest BCUT2D eigenvalue weighted by molar-refractivity contribution is -0.123. The summed E-state index contributed by atoms with van der Waals surface area (Å²) in [6.45, 7) is 6.09. The molecular weight excluding hydrogens is 336 g/mol. The van der Waals surface area contributed by atoms with Gasteiger partial charge in [0, 0.05) is 5.71 Å². The number of hydrazone groups is 1. The highest BCUT2D eigenvalue weighted by Gasteiger charge is 2.09. The van der Waals surface area contributed by atoms with Crippen molar-refractivity contribution in [3.05, 3.63) is 28.8 Å². The zero-order chi connectivity index (χ0) is 19.5. The number of nitrogens with one attached hydrogen (secondary N) is 1.